The first kappa shape index (κ1) is 14.7. The molecular formula is C18H21NO3. The van der Waals surface area contributed by atoms with Gasteiger partial charge in [0.25, 0.3) is 0 Å². The van der Waals surface area contributed by atoms with Crippen LogP contribution in [0.15, 0.2) is 42.5 Å². The fourth-order valence-corrected chi connectivity index (χ4v) is 2.74. The maximum atomic E-state index is 6.48. The average molecular weight is 299 g/mol. The Labute approximate surface area is 130 Å². The maximum Gasteiger partial charge on any atom is 0.161 e. The van der Waals surface area contributed by atoms with E-state index in [2.05, 4.69) is 6.07 Å². The van der Waals surface area contributed by atoms with Crippen LogP contribution in [0.25, 0.3) is 0 Å². The second-order valence-electron chi connectivity index (χ2n) is 5.51. The van der Waals surface area contributed by atoms with Crippen molar-refractivity contribution in [1.82, 2.24) is 0 Å². The van der Waals surface area contributed by atoms with Gasteiger partial charge >= 0.3 is 0 Å². The Morgan fingerprint density at radius 1 is 1.18 bits per heavy atom. The van der Waals surface area contributed by atoms with E-state index in [1.807, 2.05) is 43.3 Å². The summed E-state index contributed by atoms with van der Waals surface area (Å²) in [4.78, 5) is 0. The minimum atomic E-state index is -0.274. The summed E-state index contributed by atoms with van der Waals surface area (Å²) in [6.07, 6.45) is 0.576. The van der Waals surface area contributed by atoms with Crippen LogP contribution in [0.5, 0.6) is 17.2 Å². The van der Waals surface area contributed by atoms with Crippen molar-refractivity contribution in [2.24, 2.45) is 5.73 Å². The fraction of sp³-hybridized carbons (Fsp3) is 0.333. The third kappa shape index (κ3) is 2.88. The first-order valence-electron chi connectivity index (χ1n) is 7.47. The van der Waals surface area contributed by atoms with Gasteiger partial charge in [0.15, 0.2) is 11.5 Å². The van der Waals surface area contributed by atoms with E-state index < -0.39 is 0 Å². The van der Waals surface area contributed by atoms with E-state index in [0.29, 0.717) is 6.61 Å². The number of benzene rings is 2. The summed E-state index contributed by atoms with van der Waals surface area (Å²) in [6.45, 7) is 2.63. The third-order valence-electron chi connectivity index (χ3n) is 3.93. The number of ether oxygens (including phenoxy) is 3. The SMILES string of the molecule is COc1ccc(C)cc1C(N)C1CCOc2ccccc2O1. The molecule has 1 aliphatic heterocycles. The zero-order valence-electron chi connectivity index (χ0n) is 12.9. The van der Waals surface area contributed by atoms with Gasteiger partial charge in [-0.05, 0) is 25.1 Å². The van der Waals surface area contributed by atoms with Gasteiger partial charge in [0.1, 0.15) is 11.9 Å². The Morgan fingerprint density at radius 2 is 1.95 bits per heavy atom. The molecule has 0 aliphatic carbocycles. The van der Waals surface area contributed by atoms with Gasteiger partial charge in [-0.15, -0.1) is 0 Å². The van der Waals surface area contributed by atoms with Gasteiger partial charge in [-0.25, -0.2) is 0 Å². The summed E-state index contributed by atoms with van der Waals surface area (Å²) >= 11 is 0. The molecule has 1 heterocycles. The van der Waals surface area contributed by atoms with Gasteiger partial charge < -0.3 is 19.9 Å². The van der Waals surface area contributed by atoms with Crippen LogP contribution in [0.4, 0.5) is 0 Å². The lowest BCUT2D eigenvalue weighted by atomic mass is 9.97. The van der Waals surface area contributed by atoms with Gasteiger partial charge in [0.2, 0.25) is 0 Å². The van der Waals surface area contributed by atoms with Crippen LogP contribution in [-0.4, -0.2) is 19.8 Å². The topological polar surface area (TPSA) is 53.7 Å². The molecule has 2 N–H and O–H groups in total. The number of para-hydroxylation sites is 2. The molecule has 2 aromatic rings. The summed E-state index contributed by atoms with van der Waals surface area (Å²) in [6, 6.07) is 13.4. The Kier molecular flexibility index (Phi) is 4.20. The number of rotatable bonds is 3. The quantitative estimate of drug-likeness (QED) is 0.945. The number of hydrogen-bond donors (Lipinski definition) is 1. The summed E-state index contributed by atoms with van der Waals surface area (Å²) in [5, 5.41) is 0. The van der Waals surface area contributed by atoms with Gasteiger partial charge in [-0.2, -0.15) is 0 Å². The summed E-state index contributed by atoms with van der Waals surface area (Å²) < 4.78 is 17.3. The highest BCUT2D eigenvalue weighted by atomic mass is 16.5. The van der Waals surface area contributed by atoms with Crippen molar-refractivity contribution in [3.8, 4) is 17.2 Å². The first-order valence-corrected chi connectivity index (χ1v) is 7.47. The highest BCUT2D eigenvalue weighted by molar-refractivity contribution is 5.42. The smallest absolute Gasteiger partial charge is 0.161 e. The van der Waals surface area contributed by atoms with Crippen LogP contribution in [0.1, 0.15) is 23.6 Å². The third-order valence-corrected chi connectivity index (χ3v) is 3.93. The van der Waals surface area contributed by atoms with E-state index in [0.717, 1.165) is 34.8 Å². The second kappa shape index (κ2) is 6.28. The van der Waals surface area contributed by atoms with E-state index in [4.69, 9.17) is 19.9 Å². The Bertz CT molecular complexity index is 657. The molecular weight excluding hydrogens is 278 g/mol. The van der Waals surface area contributed by atoms with E-state index in [1.165, 1.54) is 0 Å². The Balaban J connectivity index is 1.89. The van der Waals surface area contributed by atoms with Crippen molar-refractivity contribution in [3.63, 3.8) is 0 Å². The molecule has 0 bridgehead atoms. The lowest BCUT2D eigenvalue weighted by molar-refractivity contribution is 0.160. The fourth-order valence-electron chi connectivity index (χ4n) is 2.74. The molecule has 1 aliphatic rings. The number of nitrogens with two attached hydrogens (primary N) is 1. The molecule has 0 fully saturated rings. The van der Waals surface area contributed by atoms with E-state index in [1.54, 1.807) is 7.11 Å². The van der Waals surface area contributed by atoms with Gasteiger partial charge in [-0.1, -0.05) is 29.8 Å². The highest BCUT2D eigenvalue weighted by Crippen LogP contribution is 2.35. The van der Waals surface area contributed by atoms with Crippen molar-refractivity contribution in [2.75, 3.05) is 13.7 Å². The molecule has 3 rings (SSSR count). The zero-order chi connectivity index (χ0) is 15.5. The lowest BCUT2D eigenvalue weighted by Crippen LogP contribution is -2.32. The molecule has 0 spiro atoms. The van der Waals surface area contributed by atoms with Crippen LogP contribution in [0, 0.1) is 6.92 Å². The number of methoxy groups -OCH3 is 1. The standard InChI is InChI=1S/C18H21NO3/c1-12-7-8-14(20-2)13(11-12)18(19)17-9-10-21-15-5-3-4-6-16(15)22-17/h3-8,11,17-18H,9-10,19H2,1-2H3. The summed E-state index contributed by atoms with van der Waals surface area (Å²) in [5.41, 5.74) is 8.60. The minimum absolute atomic E-state index is 0.153. The van der Waals surface area contributed by atoms with Crippen molar-refractivity contribution in [1.29, 1.82) is 0 Å². The monoisotopic (exact) mass is 299 g/mol. The molecule has 0 radical (unpaired) electrons. The molecule has 4 heteroatoms. The van der Waals surface area contributed by atoms with E-state index >= 15 is 0 Å². The second-order valence-corrected chi connectivity index (χ2v) is 5.51. The molecule has 22 heavy (non-hydrogen) atoms. The van der Waals surface area contributed by atoms with Crippen molar-refractivity contribution < 1.29 is 14.2 Å². The number of fused-ring (bicyclic) bond motifs is 1. The molecule has 0 saturated carbocycles. The van der Waals surface area contributed by atoms with Gasteiger partial charge in [-0.3, -0.25) is 0 Å². The largest absolute Gasteiger partial charge is 0.496 e. The normalized spacial score (nSPS) is 18.4. The number of hydrogen-bond acceptors (Lipinski definition) is 4. The summed E-state index contributed by atoms with van der Waals surface area (Å²) in [7, 11) is 1.66. The van der Waals surface area contributed by atoms with Crippen LogP contribution in [0.3, 0.4) is 0 Å². The van der Waals surface area contributed by atoms with Crippen LogP contribution in [0.2, 0.25) is 0 Å². The van der Waals surface area contributed by atoms with Gasteiger partial charge in [0.05, 0.1) is 19.8 Å². The van der Waals surface area contributed by atoms with Crippen LogP contribution in [-0.2, 0) is 0 Å². The predicted octanol–water partition coefficient (Wildman–Crippen LogP) is 3.23. The summed E-state index contributed by atoms with van der Waals surface area (Å²) in [5.74, 6) is 2.31. The molecule has 4 nitrogen and oxygen atoms in total. The molecule has 2 unspecified atom stereocenters. The Hall–Kier alpha value is -2.20. The lowest BCUT2D eigenvalue weighted by Gasteiger charge is -2.25. The highest BCUT2D eigenvalue weighted by Gasteiger charge is 2.27. The maximum absolute atomic E-state index is 6.48. The minimum Gasteiger partial charge on any atom is -0.496 e. The molecule has 0 aromatic heterocycles. The molecule has 0 saturated heterocycles. The molecule has 0 amide bonds. The van der Waals surface area contributed by atoms with Crippen LogP contribution < -0.4 is 19.9 Å². The Morgan fingerprint density at radius 3 is 2.73 bits per heavy atom. The van der Waals surface area contributed by atoms with Crippen molar-refractivity contribution in [3.05, 3.63) is 53.6 Å². The van der Waals surface area contributed by atoms with Gasteiger partial charge in [0, 0.05) is 12.0 Å². The van der Waals surface area contributed by atoms with Crippen molar-refractivity contribution in [2.45, 2.75) is 25.5 Å². The van der Waals surface area contributed by atoms with E-state index in [9.17, 15) is 0 Å². The zero-order valence-corrected chi connectivity index (χ0v) is 12.9. The van der Waals surface area contributed by atoms with Crippen molar-refractivity contribution >= 4 is 0 Å². The van der Waals surface area contributed by atoms with E-state index in [-0.39, 0.29) is 12.1 Å². The molecule has 2 atom stereocenters. The molecule has 2 aromatic carbocycles. The predicted molar refractivity (Wildman–Crippen MR) is 85.6 cm³/mol. The number of aryl methyl sites for hydroxylation is 1. The van der Waals surface area contributed by atoms with Crippen LogP contribution >= 0.6 is 0 Å². The first-order chi connectivity index (χ1) is 10.7. The molecule has 116 valence electrons. The average Bonchev–Trinajstić information content (AvgIpc) is 2.76.